The lowest BCUT2D eigenvalue weighted by molar-refractivity contribution is -0.122. The lowest BCUT2D eigenvalue weighted by atomic mass is 10.1. The second kappa shape index (κ2) is 10.9. The Kier molecular flexibility index (Phi) is 8.72. The van der Waals surface area contributed by atoms with E-state index in [0.717, 1.165) is 0 Å². The number of anilines is 1. The van der Waals surface area contributed by atoms with E-state index in [2.05, 4.69) is 10.6 Å². The number of rotatable bonds is 7. The van der Waals surface area contributed by atoms with Crippen molar-refractivity contribution in [3.05, 3.63) is 62.6 Å². The Morgan fingerprint density at radius 1 is 1.00 bits per heavy atom. The van der Waals surface area contributed by atoms with Crippen LogP contribution >= 0.6 is 70.2 Å². The van der Waals surface area contributed by atoms with Gasteiger partial charge in [-0.15, -0.1) is 23.2 Å². The molecule has 14 heteroatoms. The standard InChI is InChI=1S/C21H15Cl5F3N3O2S/c22-10-3-9(4-11(23)5-10)16-17(21(16,25)26)18(34)32-12-1-2-14(24)13(6-12)15(33)7-30-19(35)31-8-20(27,28)29/h1-6,16-17H,7-8H2,(H,32,34)(H2,30,31,35). The van der Waals surface area contributed by atoms with Gasteiger partial charge < -0.3 is 16.0 Å². The van der Waals surface area contributed by atoms with E-state index >= 15 is 0 Å². The highest BCUT2D eigenvalue weighted by Gasteiger charge is 2.67. The van der Waals surface area contributed by atoms with Crippen molar-refractivity contribution in [1.82, 2.24) is 10.6 Å². The number of hydrogen-bond acceptors (Lipinski definition) is 3. The van der Waals surface area contributed by atoms with Crippen molar-refractivity contribution >= 4 is 92.7 Å². The van der Waals surface area contributed by atoms with Gasteiger partial charge in [0.2, 0.25) is 5.91 Å². The molecular weight excluding hydrogens is 593 g/mol. The van der Waals surface area contributed by atoms with Gasteiger partial charge in [-0.2, -0.15) is 13.2 Å². The minimum atomic E-state index is -4.46. The summed E-state index contributed by atoms with van der Waals surface area (Å²) in [5.74, 6) is -2.46. The van der Waals surface area contributed by atoms with Gasteiger partial charge >= 0.3 is 6.18 Å². The lowest BCUT2D eigenvalue weighted by Gasteiger charge is -2.13. The van der Waals surface area contributed by atoms with E-state index < -0.39 is 47.1 Å². The molecule has 2 aromatic rings. The summed E-state index contributed by atoms with van der Waals surface area (Å²) in [5, 5.41) is 7.43. The molecule has 2 aromatic carbocycles. The summed E-state index contributed by atoms with van der Waals surface area (Å²) in [6, 6.07) is 8.96. The topological polar surface area (TPSA) is 70.2 Å². The highest BCUT2D eigenvalue weighted by atomic mass is 35.5. The van der Waals surface area contributed by atoms with Gasteiger partial charge in [0.15, 0.2) is 10.9 Å². The molecule has 2 atom stereocenters. The quantitative estimate of drug-likeness (QED) is 0.194. The maximum Gasteiger partial charge on any atom is 0.405 e. The van der Waals surface area contributed by atoms with Crippen molar-refractivity contribution in [1.29, 1.82) is 0 Å². The molecule has 0 bridgehead atoms. The molecule has 188 valence electrons. The van der Waals surface area contributed by atoms with Gasteiger partial charge in [0, 0.05) is 27.2 Å². The molecule has 0 heterocycles. The van der Waals surface area contributed by atoms with E-state index in [0.29, 0.717) is 15.6 Å². The van der Waals surface area contributed by atoms with E-state index in [9.17, 15) is 22.8 Å². The Bertz CT molecular complexity index is 1160. The number of halogens is 8. The first-order chi connectivity index (χ1) is 16.2. The van der Waals surface area contributed by atoms with E-state index in [1.54, 1.807) is 12.1 Å². The van der Waals surface area contributed by atoms with Crippen molar-refractivity contribution in [3.63, 3.8) is 0 Å². The first-order valence-electron chi connectivity index (χ1n) is 9.75. The molecule has 1 aliphatic carbocycles. The maximum atomic E-state index is 12.9. The molecule has 0 radical (unpaired) electrons. The number of carbonyl (C=O) groups is 2. The molecule has 0 aliphatic heterocycles. The number of carbonyl (C=O) groups excluding carboxylic acids is 2. The number of amides is 1. The molecule has 5 nitrogen and oxygen atoms in total. The highest BCUT2D eigenvalue weighted by molar-refractivity contribution is 7.80. The van der Waals surface area contributed by atoms with Crippen LogP contribution in [0.25, 0.3) is 0 Å². The molecule has 1 fully saturated rings. The predicted molar refractivity (Wildman–Crippen MR) is 136 cm³/mol. The summed E-state index contributed by atoms with van der Waals surface area (Å²) in [6.07, 6.45) is -4.46. The number of ketones is 1. The predicted octanol–water partition coefficient (Wildman–Crippen LogP) is 6.38. The smallest absolute Gasteiger partial charge is 0.355 e. The van der Waals surface area contributed by atoms with Gasteiger partial charge in [-0.05, 0) is 54.2 Å². The molecule has 1 saturated carbocycles. The lowest BCUT2D eigenvalue weighted by Crippen LogP contribution is -2.42. The Hall–Kier alpha value is -1.49. The van der Waals surface area contributed by atoms with Gasteiger partial charge in [0.05, 0.1) is 17.5 Å². The average Bonchev–Trinajstić information content (AvgIpc) is 3.32. The first kappa shape index (κ1) is 28.1. The minimum absolute atomic E-state index is 0.0209. The summed E-state index contributed by atoms with van der Waals surface area (Å²) in [6.45, 7) is -1.77. The average molecular weight is 608 g/mol. The number of alkyl halides is 5. The molecule has 1 amide bonds. The van der Waals surface area contributed by atoms with Crippen molar-refractivity contribution in [2.75, 3.05) is 18.4 Å². The van der Waals surface area contributed by atoms with Crippen LogP contribution in [0, 0.1) is 5.92 Å². The zero-order valence-electron chi connectivity index (χ0n) is 17.3. The zero-order chi connectivity index (χ0) is 26.1. The van der Waals surface area contributed by atoms with Crippen LogP contribution in [-0.2, 0) is 4.79 Å². The van der Waals surface area contributed by atoms with Gasteiger partial charge in [-0.3, -0.25) is 9.59 Å². The molecular formula is C21H15Cl5F3N3O2S. The third-order valence-electron chi connectivity index (χ3n) is 4.97. The normalized spacial score (nSPS) is 18.5. The Morgan fingerprint density at radius 3 is 2.23 bits per heavy atom. The van der Waals surface area contributed by atoms with Gasteiger partial charge in [-0.25, -0.2) is 0 Å². The van der Waals surface area contributed by atoms with Crippen LogP contribution in [0.15, 0.2) is 36.4 Å². The molecule has 0 saturated heterocycles. The monoisotopic (exact) mass is 605 g/mol. The molecule has 0 aromatic heterocycles. The molecule has 1 aliphatic rings. The SMILES string of the molecule is O=C(CNC(=S)NCC(F)(F)F)c1cc(NC(=O)C2C(c3cc(Cl)cc(Cl)c3)C2(Cl)Cl)ccc1Cl. The first-order valence-corrected chi connectivity index (χ1v) is 12.0. The molecule has 2 unspecified atom stereocenters. The molecule has 3 N–H and O–H groups in total. The van der Waals surface area contributed by atoms with Crippen LogP contribution in [0.1, 0.15) is 21.8 Å². The highest BCUT2D eigenvalue weighted by Crippen LogP contribution is 2.65. The van der Waals surface area contributed by atoms with Crippen LogP contribution in [-0.4, -0.2) is 40.4 Å². The van der Waals surface area contributed by atoms with E-state index in [1.165, 1.54) is 24.3 Å². The Labute approximate surface area is 228 Å². The van der Waals surface area contributed by atoms with Crippen molar-refractivity contribution in [2.45, 2.75) is 16.4 Å². The summed E-state index contributed by atoms with van der Waals surface area (Å²) in [5.41, 5.74) is 0.854. The third-order valence-corrected chi connectivity index (χ3v) is 6.97. The fourth-order valence-electron chi connectivity index (χ4n) is 3.36. The van der Waals surface area contributed by atoms with E-state index in [1.807, 2.05) is 5.32 Å². The Morgan fingerprint density at radius 2 is 1.63 bits per heavy atom. The van der Waals surface area contributed by atoms with Crippen LogP contribution in [0.4, 0.5) is 18.9 Å². The maximum absolute atomic E-state index is 12.9. The Balaban J connectivity index is 1.66. The second-order valence-corrected chi connectivity index (χ2v) is 10.7. The number of hydrogen-bond donors (Lipinski definition) is 3. The number of benzene rings is 2. The van der Waals surface area contributed by atoms with Crippen molar-refractivity contribution in [2.24, 2.45) is 5.92 Å². The largest absolute Gasteiger partial charge is 0.405 e. The zero-order valence-corrected chi connectivity index (χ0v) is 21.9. The summed E-state index contributed by atoms with van der Waals surface area (Å²) in [7, 11) is 0. The van der Waals surface area contributed by atoms with Crippen molar-refractivity contribution < 1.29 is 22.8 Å². The van der Waals surface area contributed by atoms with Crippen LogP contribution in [0.3, 0.4) is 0 Å². The third kappa shape index (κ3) is 7.27. The fourth-order valence-corrected chi connectivity index (χ4v) is 5.10. The number of Topliss-reactive ketones (excluding diaryl/α,β-unsaturated/α-hetero) is 1. The summed E-state index contributed by atoms with van der Waals surface area (Å²) >= 11 is 35.6. The molecule has 3 rings (SSSR count). The second-order valence-electron chi connectivity index (χ2n) is 7.59. The molecule has 0 spiro atoms. The van der Waals surface area contributed by atoms with E-state index in [-0.39, 0.29) is 21.4 Å². The van der Waals surface area contributed by atoms with Crippen molar-refractivity contribution in [3.8, 4) is 0 Å². The van der Waals surface area contributed by atoms with Crippen LogP contribution in [0.2, 0.25) is 15.1 Å². The number of thiocarbonyl (C=S) groups is 1. The number of nitrogens with one attached hydrogen (secondary N) is 3. The van der Waals surface area contributed by atoms with Gasteiger partial charge in [0.25, 0.3) is 0 Å². The summed E-state index contributed by atoms with van der Waals surface area (Å²) < 4.78 is 35.4. The fraction of sp³-hybridized carbons (Fsp3) is 0.286. The van der Waals surface area contributed by atoms with E-state index in [4.69, 9.17) is 70.2 Å². The van der Waals surface area contributed by atoms with Gasteiger partial charge in [0.1, 0.15) is 10.9 Å². The minimum Gasteiger partial charge on any atom is -0.355 e. The van der Waals surface area contributed by atoms with Crippen LogP contribution in [0.5, 0.6) is 0 Å². The summed E-state index contributed by atoms with van der Waals surface area (Å²) in [4.78, 5) is 25.4. The van der Waals surface area contributed by atoms with Gasteiger partial charge in [-0.1, -0.05) is 34.8 Å². The molecule has 35 heavy (non-hydrogen) atoms. The van der Waals surface area contributed by atoms with Crippen LogP contribution < -0.4 is 16.0 Å².